The van der Waals surface area contributed by atoms with E-state index in [2.05, 4.69) is 6.92 Å². The minimum Gasteiger partial charge on any atom is -0.481 e. The summed E-state index contributed by atoms with van der Waals surface area (Å²) in [6.45, 7) is 2.15. The summed E-state index contributed by atoms with van der Waals surface area (Å²) in [5.41, 5.74) is 1.33. The largest absolute Gasteiger partial charge is 0.481 e. The standard InChI is InChI=1S/C15H20O3/c1-11-6-7-15(8-11,14(17)18)9-12-2-4-13(10-16)5-3-12/h2-5,11,16H,6-10H2,1H3,(H,17,18). The summed E-state index contributed by atoms with van der Waals surface area (Å²) in [7, 11) is 0. The van der Waals surface area contributed by atoms with Gasteiger partial charge >= 0.3 is 5.97 Å². The maximum absolute atomic E-state index is 11.6. The number of aliphatic hydroxyl groups is 1. The van der Waals surface area contributed by atoms with Gasteiger partial charge in [-0.3, -0.25) is 4.79 Å². The van der Waals surface area contributed by atoms with Gasteiger partial charge in [-0.1, -0.05) is 31.2 Å². The third-order valence-corrected chi connectivity index (χ3v) is 4.06. The van der Waals surface area contributed by atoms with Crippen LogP contribution in [-0.2, 0) is 17.8 Å². The van der Waals surface area contributed by atoms with E-state index in [9.17, 15) is 9.90 Å². The highest BCUT2D eigenvalue weighted by Crippen LogP contribution is 2.44. The lowest BCUT2D eigenvalue weighted by molar-refractivity contribution is -0.148. The first-order valence-electron chi connectivity index (χ1n) is 6.48. The second-order valence-corrected chi connectivity index (χ2v) is 5.58. The molecular weight excluding hydrogens is 228 g/mol. The molecule has 2 atom stereocenters. The van der Waals surface area contributed by atoms with Crippen molar-refractivity contribution in [2.75, 3.05) is 0 Å². The van der Waals surface area contributed by atoms with Gasteiger partial charge in [0, 0.05) is 0 Å². The molecule has 2 N–H and O–H groups in total. The molecule has 98 valence electrons. The summed E-state index contributed by atoms with van der Waals surface area (Å²) in [6.07, 6.45) is 3.13. The topological polar surface area (TPSA) is 57.5 Å². The molecule has 0 spiro atoms. The van der Waals surface area contributed by atoms with Gasteiger partial charge in [-0.25, -0.2) is 0 Å². The van der Waals surface area contributed by atoms with Crippen LogP contribution in [0.25, 0.3) is 0 Å². The Morgan fingerprint density at radius 1 is 1.33 bits per heavy atom. The van der Waals surface area contributed by atoms with Crippen molar-refractivity contribution in [2.45, 2.75) is 39.2 Å². The van der Waals surface area contributed by atoms with Crippen LogP contribution in [0.2, 0.25) is 0 Å². The number of aliphatic hydroxyl groups excluding tert-OH is 1. The molecule has 3 nitrogen and oxygen atoms in total. The van der Waals surface area contributed by atoms with Crippen LogP contribution in [-0.4, -0.2) is 16.2 Å². The van der Waals surface area contributed by atoms with Crippen LogP contribution in [0.5, 0.6) is 0 Å². The van der Waals surface area contributed by atoms with E-state index >= 15 is 0 Å². The molecule has 3 heteroatoms. The van der Waals surface area contributed by atoms with Crippen molar-refractivity contribution >= 4 is 5.97 Å². The molecule has 1 aromatic rings. The van der Waals surface area contributed by atoms with Crippen molar-refractivity contribution in [1.29, 1.82) is 0 Å². The van der Waals surface area contributed by atoms with E-state index in [-0.39, 0.29) is 6.61 Å². The Hall–Kier alpha value is -1.35. The van der Waals surface area contributed by atoms with Gasteiger partial charge in [-0.05, 0) is 42.7 Å². The number of hydrogen-bond donors (Lipinski definition) is 2. The molecule has 1 aromatic carbocycles. The highest BCUT2D eigenvalue weighted by Gasteiger charge is 2.43. The molecule has 0 amide bonds. The van der Waals surface area contributed by atoms with Gasteiger partial charge in [-0.15, -0.1) is 0 Å². The maximum Gasteiger partial charge on any atom is 0.309 e. The number of benzene rings is 1. The number of carboxylic acids is 1. The van der Waals surface area contributed by atoms with Gasteiger partial charge in [0.25, 0.3) is 0 Å². The van der Waals surface area contributed by atoms with Crippen molar-refractivity contribution in [3.8, 4) is 0 Å². The molecule has 0 radical (unpaired) electrons. The van der Waals surface area contributed by atoms with E-state index in [0.717, 1.165) is 30.4 Å². The molecular formula is C15H20O3. The third-order valence-electron chi connectivity index (χ3n) is 4.06. The van der Waals surface area contributed by atoms with Gasteiger partial charge in [0.2, 0.25) is 0 Å². The quantitative estimate of drug-likeness (QED) is 0.861. The summed E-state index contributed by atoms with van der Waals surface area (Å²) in [6, 6.07) is 7.59. The van der Waals surface area contributed by atoms with Crippen LogP contribution in [0.3, 0.4) is 0 Å². The molecule has 18 heavy (non-hydrogen) atoms. The lowest BCUT2D eigenvalue weighted by Crippen LogP contribution is -2.30. The molecule has 0 heterocycles. The molecule has 2 rings (SSSR count). The maximum atomic E-state index is 11.6. The Balaban J connectivity index is 2.16. The van der Waals surface area contributed by atoms with Crippen LogP contribution in [0.4, 0.5) is 0 Å². The monoisotopic (exact) mass is 248 g/mol. The van der Waals surface area contributed by atoms with Crippen molar-refractivity contribution in [3.05, 3.63) is 35.4 Å². The van der Waals surface area contributed by atoms with Crippen LogP contribution in [0.15, 0.2) is 24.3 Å². The summed E-state index contributed by atoms with van der Waals surface area (Å²) in [4.78, 5) is 11.6. The predicted molar refractivity (Wildman–Crippen MR) is 69.2 cm³/mol. The normalized spacial score (nSPS) is 27.3. The molecule has 0 bridgehead atoms. The first-order valence-corrected chi connectivity index (χ1v) is 6.48. The fourth-order valence-corrected chi connectivity index (χ4v) is 2.98. The van der Waals surface area contributed by atoms with Gasteiger partial charge in [0.15, 0.2) is 0 Å². The van der Waals surface area contributed by atoms with Crippen LogP contribution < -0.4 is 0 Å². The van der Waals surface area contributed by atoms with Crippen molar-refractivity contribution in [3.63, 3.8) is 0 Å². The summed E-state index contributed by atoms with van der Waals surface area (Å²) in [5, 5.41) is 18.5. The third kappa shape index (κ3) is 2.56. The van der Waals surface area contributed by atoms with E-state index in [1.54, 1.807) is 0 Å². The van der Waals surface area contributed by atoms with Crippen LogP contribution >= 0.6 is 0 Å². The second-order valence-electron chi connectivity index (χ2n) is 5.58. The Labute approximate surface area is 107 Å². The molecule has 0 saturated heterocycles. The average Bonchev–Trinajstić information content (AvgIpc) is 2.73. The number of rotatable bonds is 4. The van der Waals surface area contributed by atoms with E-state index in [4.69, 9.17) is 5.11 Å². The Bertz CT molecular complexity index is 424. The van der Waals surface area contributed by atoms with Crippen molar-refractivity contribution in [1.82, 2.24) is 0 Å². The highest BCUT2D eigenvalue weighted by molar-refractivity contribution is 5.75. The van der Waals surface area contributed by atoms with Gasteiger partial charge in [0.05, 0.1) is 12.0 Å². The molecule has 1 aliphatic carbocycles. The zero-order chi connectivity index (χ0) is 13.2. The molecule has 1 fully saturated rings. The van der Waals surface area contributed by atoms with E-state index in [1.165, 1.54) is 0 Å². The highest BCUT2D eigenvalue weighted by atomic mass is 16.4. The van der Waals surface area contributed by atoms with Gasteiger partial charge in [0.1, 0.15) is 0 Å². The lowest BCUT2D eigenvalue weighted by Gasteiger charge is -2.24. The summed E-state index contributed by atoms with van der Waals surface area (Å²) >= 11 is 0. The number of aliphatic carboxylic acids is 1. The summed E-state index contributed by atoms with van der Waals surface area (Å²) in [5.74, 6) is -0.170. The Kier molecular flexibility index (Phi) is 3.71. The lowest BCUT2D eigenvalue weighted by atomic mass is 9.79. The van der Waals surface area contributed by atoms with Crippen LogP contribution in [0, 0.1) is 11.3 Å². The first-order chi connectivity index (χ1) is 8.55. The van der Waals surface area contributed by atoms with Crippen molar-refractivity contribution < 1.29 is 15.0 Å². The zero-order valence-electron chi connectivity index (χ0n) is 10.7. The van der Waals surface area contributed by atoms with Gasteiger partial charge in [-0.2, -0.15) is 0 Å². The van der Waals surface area contributed by atoms with E-state index in [1.807, 2.05) is 24.3 Å². The Morgan fingerprint density at radius 3 is 2.39 bits per heavy atom. The SMILES string of the molecule is CC1CCC(Cc2ccc(CO)cc2)(C(=O)O)C1. The molecule has 0 aliphatic heterocycles. The smallest absolute Gasteiger partial charge is 0.309 e. The molecule has 0 aromatic heterocycles. The summed E-state index contributed by atoms with van der Waals surface area (Å²) < 4.78 is 0. The van der Waals surface area contributed by atoms with Crippen LogP contribution in [0.1, 0.15) is 37.3 Å². The number of hydrogen-bond acceptors (Lipinski definition) is 2. The van der Waals surface area contributed by atoms with E-state index in [0.29, 0.717) is 12.3 Å². The molecule has 1 saturated carbocycles. The van der Waals surface area contributed by atoms with E-state index < -0.39 is 11.4 Å². The first kappa shape index (κ1) is 13.1. The van der Waals surface area contributed by atoms with Gasteiger partial charge < -0.3 is 10.2 Å². The second kappa shape index (κ2) is 5.11. The predicted octanol–water partition coefficient (Wildman–Crippen LogP) is 2.61. The fraction of sp³-hybridized carbons (Fsp3) is 0.533. The van der Waals surface area contributed by atoms with Crippen molar-refractivity contribution in [2.24, 2.45) is 11.3 Å². The minimum absolute atomic E-state index is 0.0292. The zero-order valence-corrected chi connectivity index (χ0v) is 10.7. The Morgan fingerprint density at radius 2 is 1.94 bits per heavy atom. The fourth-order valence-electron chi connectivity index (χ4n) is 2.98. The molecule has 1 aliphatic rings. The number of carboxylic acid groups (broad SMARTS) is 1. The molecule has 2 unspecified atom stereocenters. The average molecular weight is 248 g/mol. The number of carbonyl (C=O) groups is 1. The minimum atomic E-state index is -0.668.